The molecule has 0 N–H and O–H groups in total. The fraction of sp³-hybridized carbons (Fsp3) is 0.368. The van der Waals surface area contributed by atoms with Gasteiger partial charge in [0.15, 0.2) is 0 Å². The molecule has 0 bridgehead atoms. The van der Waals surface area contributed by atoms with Crippen LogP contribution in [0, 0.1) is 0 Å². The Hall–Kier alpha value is -0.615. The standard InChI is InChI=1S/C19H21BBr2O2/c1-18(2)19(3,4)24-20(23-18)15-7-5-13(6-8-15)17-10-9-16(22)11-14(17)12-21/h5-11H,12H2,1-4H3. The Labute approximate surface area is 161 Å². The number of benzene rings is 2. The number of hydrogen-bond donors (Lipinski definition) is 0. The third kappa shape index (κ3) is 3.37. The van der Waals surface area contributed by atoms with E-state index in [1.54, 1.807) is 0 Å². The SMILES string of the molecule is CC1(C)OB(c2ccc(-c3ccc(Br)cc3CBr)cc2)OC1(C)C. The molecule has 3 rings (SSSR count). The van der Waals surface area contributed by atoms with Crippen LogP contribution in [-0.2, 0) is 14.6 Å². The Morgan fingerprint density at radius 2 is 1.50 bits per heavy atom. The summed E-state index contributed by atoms with van der Waals surface area (Å²) >= 11 is 7.11. The third-order valence-electron chi connectivity index (χ3n) is 4.96. The summed E-state index contributed by atoms with van der Waals surface area (Å²) in [5.41, 5.74) is 4.10. The Bertz CT molecular complexity index is 726. The molecule has 0 aromatic heterocycles. The first-order chi connectivity index (χ1) is 11.2. The van der Waals surface area contributed by atoms with Crippen LogP contribution in [0.15, 0.2) is 46.9 Å². The predicted molar refractivity (Wildman–Crippen MR) is 108 cm³/mol. The van der Waals surface area contributed by atoms with E-state index in [-0.39, 0.29) is 18.3 Å². The molecule has 0 atom stereocenters. The molecule has 0 aliphatic carbocycles. The van der Waals surface area contributed by atoms with Crippen molar-refractivity contribution >= 4 is 44.4 Å². The van der Waals surface area contributed by atoms with Gasteiger partial charge in [0.2, 0.25) is 0 Å². The van der Waals surface area contributed by atoms with Crippen molar-refractivity contribution in [2.24, 2.45) is 0 Å². The lowest BCUT2D eigenvalue weighted by Crippen LogP contribution is -2.41. The maximum absolute atomic E-state index is 6.12. The van der Waals surface area contributed by atoms with Crippen molar-refractivity contribution in [1.29, 1.82) is 0 Å². The molecule has 0 spiro atoms. The van der Waals surface area contributed by atoms with Crippen LogP contribution in [0.2, 0.25) is 0 Å². The molecule has 24 heavy (non-hydrogen) atoms. The van der Waals surface area contributed by atoms with Gasteiger partial charge in [-0.2, -0.15) is 0 Å². The molecule has 1 aliphatic heterocycles. The van der Waals surface area contributed by atoms with Gasteiger partial charge in [-0.1, -0.05) is 62.2 Å². The average molecular weight is 452 g/mol. The topological polar surface area (TPSA) is 18.5 Å². The molecule has 5 heteroatoms. The minimum atomic E-state index is -0.315. The van der Waals surface area contributed by atoms with Crippen LogP contribution < -0.4 is 5.46 Å². The quantitative estimate of drug-likeness (QED) is 0.465. The predicted octanol–water partition coefficient (Wildman–Crippen LogP) is 5.31. The second-order valence-corrected chi connectivity index (χ2v) is 8.62. The van der Waals surface area contributed by atoms with Crippen molar-refractivity contribution in [3.05, 3.63) is 52.5 Å². The Morgan fingerprint density at radius 3 is 2.04 bits per heavy atom. The van der Waals surface area contributed by atoms with E-state index in [9.17, 15) is 0 Å². The van der Waals surface area contributed by atoms with Crippen molar-refractivity contribution < 1.29 is 9.31 Å². The van der Waals surface area contributed by atoms with E-state index in [1.165, 1.54) is 16.7 Å². The van der Waals surface area contributed by atoms with Crippen LogP contribution in [0.4, 0.5) is 0 Å². The fourth-order valence-electron chi connectivity index (χ4n) is 2.75. The summed E-state index contributed by atoms with van der Waals surface area (Å²) in [5.74, 6) is 0. The lowest BCUT2D eigenvalue weighted by Gasteiger charge is -2.32. The molecule has 1 heterocycles. The highest BCUT2D eigenvalue weighted by Gasteiger charge is 2.51. The van der Waals surface area contributed by atoms with Gasteiger partial charge in [-0.15, -0.1) is 0 Å². The van der Waals surface area contributed by atoms with E-state index in [4.69, 9.17) is 9.31 Å². The number of hydrogen-bond acceptors (Lipinski definition) is 2. The van der Waals surface area contributed by atoms with E-state index in [0.717, 1.165) is 15.3 Å². The molecular weight excluding hydrogens is 431 g/mol. The molecule has 0 amide bonds. The van der Waals surface area contributed by atoms with Gasteiger partial charge in [-0.3, -0.25) is 0 Å². The van der Waals surface area contributed by atoms with E-state index in [0.29, 0.717) is 0 Å². The average Bonchev–Trinajstić information content (AvgIpc) is 2.75. The van der Waals surface area contributed by atoms with Crippen LogP contribution in [0.1, 0.15) is 33.3 Å². The minimum Gasteiger partial charge on any atom is -0.399 e. The molecule has 126 valence electrons. The molecule has 1 aliphatic rings. The van der Waals surface area contributed by atoms with E-state index >= 15 is 0 Å². The zero-order valence-corrected chi connectivity index (χ0v) is 17.6. The van der Waals surface area contributed by atoms with Gasteiger partial charge < -0.3 is 9.31 Å². The molecule has 1 fully saturated rings. The summed E-state index contributed by atoms with van der Waals surface area (Å²) in [6.07, 6.45) is 0. The number of alkyl halides is 1. The summed E-state index contributed by atoms with van der Waals surface area (Å²) in [7, 11) is -0.315. The van der Waals surface area contributed by atoms with Gasteiger partial charge in [-0.05, 0) is 62.0 Å². The van der Waals surface area contributed by atoms with E-state index in [2.05, 4.69) is 102 Å². The third-order valence-corrected chi connectivity index (χ3v) is 6.06. The van der Waals surface area contributed by atoms with E-state index < -0.39 is 0 Å². The van der Waals surface area contributed by atoms with Crippen LogP contribution >= 0.6 is 31.9 Å². The highest BCUT2D eigenvalue weighted by Crippen LogP contribution is 2.36. The maximum Gasteiger partial charge on any atom is 0.494 e. The highest BCUT2D eigenvalue weighted by atomic mass is 79.9. The number of rotatable bonds is 3. The normalized spacial score (nSPS) is 18.8. The number of halogens is 2. The zero-order chi connectivity index (χ0) is 17.5. The molecule has 2 aromatic rings. The molecule has 1 saturated heterocycles. The highest BCUT2D eigenvalue weighted by molar-refractivity contribution is 9.10. The smallest absolute Gasteiger partial charge is 0.399 e. The van der Waals surface area contributed by atoms with Crippen molar-refractivity contribution in [2.45, 2.75) is 44.2 Å². The second-order valence-electron chi connectivity index (χ2n) is 7.15. The largest absolute Gasteiger partial charge is 0.494 e. The van der Waals surface area contributed by atoms with Gasteiger partial charge in [0.1, 0.15) is 0 Å². The monoisotopic (exact) mass is 450 g/mol. The minimum absolute atomic E-state index is 0.314. The lowest BCUT2D eigenvalue weighted by atomic mass is 9.78. The molecular formula is C19H21BBr2O2. The van der Waals surface area contributed by atoms with Crippen LogP contribution in [0.5, 0.6) is 0 Å². The van der Waals surface area contributed by atoms with Crippen molar-refractivity contribution in [3.8, 4) is 11.1 Å². The van der Waals surface area contributed by atoms with Crippen molar-refractivity contribution in [2.75, 3.05) is 0 Å². The van der Waals surface area contributed by atoms with Crippen LogP contribution in [-0.4, -0.2) is 18.3 Å². The molecule has 0 radical (unpaired) electrons. The summed E-state index contributed by atoms with van der Waals surface area (Å²) < 4.78 is 13.3. The first-order valence-corrected chi connectivity index (χ1v) is 9.95. The van der Waals surface area contributed by atoms with Crippen molar-refractivity contribution in [3.63, 3.8) is 0 Å². The van der Waals surface area contributed by atoms with Gasteiger partial charge in [0.05, 0.1) is 11.2 Å². The first kappa shape index (κ1) is 18.2. The summed E-state index contributed by atoms with van der Waals surface area (Å²) in [6, 6.07) is 14.8. The summed E-state index contributed by atoms with van der Waals surface area (Å²) in [6.45, 7) is 8.30. The summed E-state index contributed by atoms with van der Waals surface area (Å²) in [5, 5.41) is 0.820. The second kappa shape index (κ2) is 6.60. The van der Waals surface area contributed by atoms with Crippen molar-refractivity contribution in [1.82, 2.24) is 0 Å². The molecule has 2 nitrogen and oxygen atoms in total. The van der Waals surface area contributed by atoms with E-state index in [1.807, 2.05) is 0 Å². The Kier molecular flexibility index (Phi) is 5.00. The first-order valence-electron chi connectivity index (χ1n) is 8.04. The summed E-state index contributed by atoms with van der Waals surface area (Å²) in [4.78, 5) is 0. The molecule has 2 aromatic carbocycles. The Morgan fingerprint density at radius 1 is 0.917 bits per heavy atom. The maximum atomic E-state index is 6.12. The van der Waals surface area contributed by atoms with Gasteiger partial charge in [-0.25, -0.2) is 0 Å². The van der Waals surface area contributed by atoms with Gasteiger partial charge >= 0.3 is 7.12 Å². The Balaban J connectivity index is 1.87. The van der Waals surface area contributed by atoms with Gasteiger partial charge in [0.25, 0.3) is 0 Å². The lowest BCUT2D eigenvalue weighted by molar-refractivity contribution is 0.00578. The molecule has 0 unspecified atom stereocenters. The fourth-order valence-corrected chi connectivity index (χ4v) is 3.63. The van der Waals surface area contributed by atoms with Crippen LogP contribution in [0.3, 0.4) is 0 Å². The van der Waals surface area contributed by atoms with Crippen LogP contribution in [0.25, 0.3) is 11.1 Å². The molecule has 0 saturated carbocycles. The zero-order valence-electron chi connectivity index (χ0n) is 14.4. The van der Waals surface area contributed by atoms with Gasteiger partial charge in [0, 0.05) is 9.80 Å².